The predicted octanol–water partition coefficient (Wildman–Crippen LogP) is -0.255. The maximum absolute atomic E-state index is 11.8. The van der Waals surface area contributed by atoms with Gasteiger partial charge in [-0.25, -0.2) is 0 Å². The van der Waals surface area contributed by atoms with Crippen molar-refractivity contribution in [3.8, 4) is 0 Å². The molecule has 1 amide bonds. The van der Waals surface area contributed by atoms with Gasteiger partial charge in [-0.2, -0.15) is 0 Å². The summed E-state index contributed by atoms with van der Waals surface area (Å²) in [4.78, 5) is 35.0. The average Bonchev–Trinajstić information content (AvgIpc) is 2.32. The van der Waals surface area contributed by atoms with Gasteiger partial charge < -0.3 is 19.5 Å². The molecule has 0 aromatic rings. The van der Waals surface area contributed by atoms with Crippen LogP contribution < -0.4 is 0 Å². The molecule has 1 N–H and O–H groups in total. The van der Waals surface area contributed by atoms with E-state index in [1.807, 2.05) is 0 Å². The first-order valence-corrected chi connectivity index (χ1v) is 5.60. The van der Waals surface area contributed by atoms with Gasteiger partial charge in [0, 0.05) is 13.7 Å². The van der Waals surface area contributed by atoms with E-state index >= 15 is 0 Å². The summed E-state index contributed by atoms with van der Waals surface area (Å²) in [6, 6.07) is 0. The molecular formula is C11H19NO6. The maximum atomic E-state index is 11.8. The van der Waals surface area contributed by atoms with Crippen molar-refractivity contribution in [1.29, 1.82) is 0 Å². The standard InChI is InChI=1S/C11H19NO6/c1-4-18-9(13)7-12(5-6-17-3)10(14)8(2)11(15)16/h8H,4-7H2,1-3H3,(H,15,16). The Morgan fingerprint density at radius 1 is 1.33 bits per heavy atom. The molecule has 18 heavy (non-hydrogen) atoms. The monoisotopic (exact) mass is 261 g/mol. The Morgan fingerprint density at radius 3 is 2.39 bits per heavy atom. The van der Waals surface area contributed by atoms with Gasteiger partial charge in [0.05, 0.1) is 13.2 Å². The second-order valence-corrected chi connectivity index (χ2v) is 3.62. The highest BCUT2D eigenvalue weighted by atomic mass is 16.5. The van der Waals surface area contributed by atoms with Crippen LogP contribution in [0.3, 0.4) is 0 Å². The van der Waals surface area contributed by atoms with Crippen molar-refractivity contribution in [2.24, 2.45) is 5.92 Å². The van der Waals surface area contributed by atoms with Gasteiger partial charge in [-0.1, -0.05) is 0 Å². The van der Waals surface area contributed by atoms with E-state index in [0.29, 0.717) is 0 Å². The van der Waals surface area contributed by atoms with Gasteiger partial charge in [0.15, 0.2) is 0 Å². The van der Waals surface area contributed by atoms with E-state index in [1.54, 1.807) is 6.92 Å². The van der Waals surface area contributed by atoms with Gasteiger partial charge >= 0.3 is 11.9 Å². The minimum absolute atomic E-state index is 0.145. The quantitative estimate of drug-likeness (QED) is 0.478. The first kappa shape index (κ1) is 16.4. The zero-order valence-electron chi connectivity index (χ0n) is 10.8. The fourth-order valence-electron chi connectivity index (χ4n) is 1.21. The second kappa shape index (κ2) is 8.46. The Balaban J connectivity index is 4.60. The molecule has 0 aliphatic heterocycles. The summed E-state index contributed by atoms with van der Waals surface area (Å²) in [5.41, 5.74) is 0. The molecule has 0 radical (unpaired) electrons. The number of aliphatic carboxylic acids is 1. The van der Waals surface area contributed by atoms with Gasteiger partial charge in [0.2, 0.25) is 5.91 Å². The van der Waals surface area contributed by atoms with Gasteiger partial charge in [0.1, 0.15) is 12.5 Å². The third-order valence-electron chi connectivity index (χ3n) is 2.24. The van der Waals surface area contributed by atoms with E-state index in [0.717, 1.165) is 4.90 Å². The molecule has 0 spiro atoms. The zero-order valence-corrected chi connectivity index (χ0v) is 10.8. The van der Waals surface area contributed by atoms with Crippen LogP contribution in [0, 0.1) is 5.92 Å². The van der Waals surface area contributed by atoms with E-state index in [1.165, 1.54) is 14.0 Å². The number of ether oxygens (including phenoxy) is 2. The number of nitrogens with zero attached hydrogens (tertiary/aromatic N) is 1. The zero-order chi connectivity index (χ0) is 14.1. The van der Waals surface area contributed by atoms with Crippen LogP contribution in [0.2, 0.25) is 0 Å². The fraction of sp³-hybridized carbons (Fsp3) is 0.727. The number of carbonyl (C=O) groups excluding carboxylic acids is 2. The first-order valence-electron chi connectivity index (χ1n) is 5.60. The largest absolute Gasteiger partial charge is 0.481 e. The summed E-state index contributed by atoms with van der Waals surface area (Å²) in [7, 11) is 1.45. The SMILES string of the molecule is CCOC(=O)CN(CCOC)C(=O)C(C)C(=O)O. The van der Waals surface area contributed by atoms with Crippen molar-refractivity contribution in [2.75, 3.05) is 33.4 Å². The minimum Gasteiger partial charge on any atom is -0.481 e. The molecule has 0 heterocycles. The third-order valence-corrected chi connectivity index (χ3v) is 2.24. The normalized spacial score (nSPS) is 11.7. The van der Waals surface area contributed by atoms with Crippen LogP contribution in [0.1, 0.15) is 13.8 Å². The molecule has 104 valence electrons. The third kappa shape index (κ3) is 5.62. The Morgan fingerprint density at radius 2 is 1.94 bits per heavy atom. The molecule has 7 nitrogen and oxygen atoms in total. The molecule has 0 rings (SSSR count). The molecule has 0 aliphatic rings. The van der Waals surface area contributed by atoms with Crippen molar-refractivity contribution in [3.05, 3.63) is 0 Å². The fourth-order valence-corrected chi connectivity index (χ4v) is 1.21. The first-order chi connectivity index (χ1) is 8.43. The lowest BCUT2D eigenvalue weighted by atomic mass is 10.1. The second-order valence-electron chi connectivity index (χ2n) is 3.62. The molecule has 0 fully saturated rings. The number of rotatable bonds is 8. The van der Waals surface area contributed by atoms with E-state index in [4.69, 9.17) is 14.6 Å². The van der Waals surface area contributed by atoms with E-state index in [9.17, 15) is 14.4 Å². The van der Waals surface area contributed by atoms with Crippen molar-refractivity contribution in [2.45, 2.75) is 13.8 Å². The summed E-state index contributed by atoms with van der Waals surface area (Å²) >= 11 is 0. The van der Waals surface area contributed by atoms with Crippen LogP contribution in [-0.4, -0.2) is 61.3 Å². The maximum Gasteiger partial charge on any atom is 0.325 e. The number of carbonyl (C=O) groups is 3. The lowest BCUT2D eigenvalue weighted by Gasteiger charge is -2.23. The molecule has 1 atom stereocenters. The molecule has 0 aliphatic carbocycles. The van der Waals surface area contributed by atoms with Crippen molar-refractivity contribution < 1.29 is 29.0 Å². The molecule has 7 heteroatoms. The highest BCUT2D eigenvalue weighted by Crippen LogP contribution is 2.03. The number of carboxylic acids is 1. The number of hydrogen-bond acceptors (Lipinski definition) is 5. The number of carboxylic acid groups (broad SMARTS) is 1. The average molecular weight is 261 g/mol. The summed E-state index contributed by atoms with van der Waals surface area (Å²) in [6.45, 7) is 3.23. The summed E-state index contributed by atoms with van der Waals surface area (Å²) in [5, 5.41) is 8.77. The van der Waals surface area contributed by atoms with Gasteiger partial charge in [-0.05, 0) is 13.8 Å². The molecule has 1 unspecified atom stereocenters. The van der Waals surface area contributed by atoms with E-state index in [-0.39, 0.29) is 26.3 Å². The topological polar surface area (TPSA) is 93.1 Å². The van der Waals surface area contributed by atoms with Crippen LogP contribution in [0.15, 0.2) is 0 Å². The van der Waals surface area contributed by atoms with E-state index < -0.39 is 23.8 Å². The Bertz CT molecular complexity index is 304. The highest BCUT2D eigenvalue weighted by molar-refractivity contribution is 5.97. The van der Waals surface area contributed by atoms with Crippen LogP contribution >= 0.6 is 0 Å². The smallest absolute Gasteiger partial charge is 0.325 e. The van der Waals surface area contributed by atoms with Gasteiger partial charge in [-0.15, -0.1) is 0 Å². The molecule has 0 saturated carbocycles. The van der Waals surface area contributed by atoms with Crippen molar-refractivity contribution in [3.63, 3.8) is 0 Å². The molecule has 0 aromatic heterocycles. The summed E-state index contributed by atoms with van der Waals surface area (Å²) in [5.74, 6) is -3.63. The molecular weight excluding hydrogens is 242 g/mol. The van der Waals surface area contributed by atoms with Crippen molar-refractivity contribution in [1.82, 2.24) is 4.90 Å². The van der Waals surface area contributed by atoms with Crippen LogP contribution in [0.5, 0.6) is 0 Å². The summed E-state index contributed by atoms with van der Waals surface area (Å²) in [6.07, 6.45) is 0. The molecule has 0 bridgehead atoms. The van der Waals surface area contributed by atoms with Crippen LogP contribution in [-0.2, 0) is 23.9 Å². The predicted molar refractivity (Wildman–Crippen MR) is 61.9 cm³/mol. The number of hydrogen-bond donors (Lipinski definition) is 1. The Hall–Kier alpha value is -1.63. The van der Waals surface area contributed by atoms with Gasteiger partial charge in [-0.3, -0.25) is 14.4 Å². The number of amides is 1. The number of esters is 1. The Labute approximate surface area is 106 Å². The minimum atomic E-state index is -1.23. The Kier molecular flexibility index (Phi) is 7.69. The summed E-state index contributed by atoms with van der Waals surface area (Å²) < 4.78 is 9.53. The molecule has 0 aromatic carbocycles. The van der Waals surface area contributed by atoms with E-state index in [2.05, 4.69) is 0 Å². The highest BCUT2D eigenvalue weighted by Gasteiger charge is 2.27. The lowest BCUT2D eigenvalue weighted by Crippen LogP contribution is -2.43. The number of methoxy groups -OCH3 is 1. The van der Waals surface area contributed by atoms with Gasteiger partial charge in [0.25, 0.3) is 0 Å². The molecule has 0 saturated heterocycles. The van der Waals surface area contributed by atoms with Crippen molar-refractivity contribution >= 4 is 17.8 Å². The lowest BCUT2D eigenvalue weighted by molar-refractivity contribution is -0.156. The van der Waals surface area contributed by atoms with Crippen LogP contribution in [0.4, 0.5) is 0 Å². The van der Waals surface area contributed by atoms with Crippen LogP contribution in [0.25, 0.3) is 0 Å².